The Bertz CT molecular complexity index is 253. The van der Waals surface area contributed by atoms with E-state index in [0.29, 0.717) is 5.82 Å². The van der Waals surface area contributed by atoms with Gasteiger partial charge in [0.2, 0.25) is 5.95 Å². The summed E-state index contributed by atoms with van der Waals surface area (Å²) in [5.41, 5.74) is 0. The van der Waals surface area contributed by atoms with Gasteiger partial charge in [-0.25, -0.2) is 0 Å². The number of nitrogens with one attached hydrogen (secondary N) is 2. The summed E-state index contributed by atoms with van der Waals surface area (Å²) in [6.07, 6.45) is -4.24. The molecule has 1 aromatic rings. The van der Waals surface area contributed by atoms with E-state index in [9.17, 15) is 13.2 Å². The lowest BCUT2D eigenvalue weighted by Gasteiger charge is -2.05. The van der Waals surface area contributed by atoms with E-state index in [4.69, 9.17) is 0 Å². The fraction of sp³-hybridized carbons (Fsp3) is 0.600. The third-order valence-electron chi connectivity index (χ3n) is 1.06. The highest BCUT2D eigenvalue weighted by Crippen LogP contribution is 2.14. The monoisotopic (exact) mass is 180 g/mol. The van der Waals surface area contributed by atoms with Gasteiger partial charge in [0.05, 0.1) is 0 Å². The highest BCUT2D eigenvalue weighted by molar-refractivity contribution is 5.22. The normalized spacial score (nSPS) is 11.7. The standard InChI is InChI=1S/C5H7F3N4/c1-3-10-4(12-11-3)9-2-5(6,7)8/h2H2,1H3,(H2,9,10,11,12). The van der Waals surface area contributed by atoms with Crippen LogP contribution in [0.15, 0.2) is 0 Å². The largest absolute Gasteiger partial charge is 0.405 e. The number of hydrogen-bond acceptors (Lipinski definition) is 3. The van der Waals surface area contributed by atoms with Crippen molar-refractivity contribution in [1.82, 2.24) is 15.2 Å². The number of rotatable bonds is 2. The van der Waals surface area contributed by atoms with Crippen LogP contribution >= 0.6 is 0 Å². The van der Waals surface area contributed by atoms with Gasteiger partial charge in [0.15, 0.2) is 0 Å². The summed E-state index contributed by atoms with van der Waals surface area (Å²) < 4.78 is 34.9. The van der Waals surface area contributed by atoms with E-state index in [1.807, 2.05) is 0 Å². The SMILES string of the molecule is Cc1nnc(NCC(F)(F)F)[nH]1. The minimum absolute atomic E-state index is 0.0322. The molecular formula is C5H7F3N4. The zero-order chi connectivity index (χ0) is 9.19. The van der Waals surface area contributed by atoms with Crippen molar-refractivity contribution < 1.29 is 13.2 Å². The Balaban J connectivity index is 2.44. The Morgan fingerprint density at radius 2 is 2.08 bits per heavy atom. The first-order valence-electron chi connectivity index (χ1n) is 3.17. The van der Waals surface area contributed by atoms with Crippen LogP contribution in [0.3, 0.4) is 0 Å². The van der Waals surface area contributed by atoms with E-state index in [1.54, 1.807) is 6.92 Å². The van der Waals surface area contributed by atoms with E-state index in [-0.39, 0.29) is 5.95 Å². The van der Waals surface area contributed by atoms with Gasteiger partial charge >= 0.3 is 6.18 Å². The van der Waals surface area contributed by atoms with Gasteiger partial charge in [-0.1, -0.05) is 0 Å². The zero-order valence-corrected chi connectivity index (χ0v) is 6.24. The summed E-state index contributed by atoms with van der Waals surface area (Å²) in [5, 5.41) is 8.94. The average Bonchev–Trinajstić information content (AvgIpc) is 2.30. The number of hydrogen-bond donors (Lipinski definition) is 2. The molecule has 0 bridgehead atoms. The van der Waals surface area contributed by atoms with Crippen molar-refractivity contribution in [2.75, 3.05) is 11.9 Å². The fourth-order valence-electron chi connectivity index (χ4n) is 0.610. The van der Waals surface area contributed by atoms with Gasteiger partial charge in [0.1, 0.15) is 12.4 Å². The van der Waals surface area contributed by atoms with Gasteiger partial charge in [0, 0.05) is 0 Å². The molecule has 0 aliphatic carbocycles. The molecular weight excluding hydrogens is 173 g/mol. The van der Waals surface area contributed by atoms with Crippen LogP contribution in [-0.4, -0.2) is 27.9 Å². The van der Waals surface area contributed by atoms with Crippen molar-refractivity contribution in [3.63, 3.8) is 0 Å². The number of aromatic nitrogens is 3. The summed E-state index contributed by atoms with van der Waals surface area (Å²) in [4.78, 5) is 2.52. The number of alkyl halides is 3. The summed E-state index contributed by atoms with van der Waals surface area (Å²) in [5.74, 6) is 0.504. The Labute approximate surface area is 66.2 Å². The topological polar surface area (TPSA) is 53.6 Å². The predicted octanol–water partition coefficient (Wildman–Crippen LogP) is 1.09. The van der Waals surface area contributed by atoms with Gasteiger partial charge in [-0.2, -0.15) is 13.2 Å². The Morgan fingerprint density at radius 3 is 2.50 bits per heavy atom. The molecule has 1 rings (SSSR count). The maximum absolute atomic E-state index is 11.6. The fourth-order valence-corrected chi connectivity index (χ4v) is 0.610. The summed E-state index contributed by atoms with van der Waals surface area (Å²) in [7, 11) is 0. The van der Waals surface area contributed by atoms with E-state index in [1.165, 1.54) is 0 Å². The first kappa shape index (κ1) is 8.82. The van der Waals surface area contributed by atoms with Crippen molar-refractivity contribution >= 4 is 5.95 Å². The van der Waals surface area contributed by atoms with Crippen LogP contribution in [-0.2, 0) is 0 Å². The van der Waals surface area contributed by atoms with Crippen LogP contribution in [0.2, 0.25) is 0 Å². The van der Waals surface area contributed by atoms with Crippen molar-refractivity contribution in [3.05, 3.63) is 5.82 Å². The third-order valence-corrected chi connectivity index (χ3v) is 1.06. The molecule has 4 nitrogen and oxygen atoms in total. The minimum Gasteiger partial charge on any atom is -0.345 e. The smallest absolute Gasteiger partial charge is 0.345 e. The number of aryl methyl sites for hydroxylation is 1. The molecule has 1 aromatic heterocycles. The van der Waals surface area contributed by atoms with Crippen molar-refractivity contribution in [3.8, 4) is 0 Å². The molecule has 0 aliphatic rings. The number of aromatic amines is 1. The zero-order valence-electron chi connectivity index (χ0n) is 6.24. The molecule has 0 aromatic carbocycles. The van der Waals surface area contributed by atoms with Gasteiger partial charge in [-0.05, 0) is 6.92 Å². The summed E-state index contributed by atoms with van der Waals surface area (Å²) in [6, 6.07) is 0. The molecule has 0 atom stereocenters. The average molecular weight is 180 g/mol. The van der Waals surface area contributed by atoms with Crippen molar-refractivity contribution in [2.45, 2.75) is 13.1 Å². The Hall–Kier alpha value is -1.27. The molecule has 0 unspecified atom stereocenters. The second-order valence-electron chi connectivity index (χ2n) is 2.23. The lowest BCUT2D eigenvalue weighted by molar-refractivity contribution is -0.115. The molecule has 0 aliphatic heterocycles. The maximum atomic E-state index is 11.6. The second-order valence-corrected chi connectivity index (χ2v) is 2.23. The van der Waals surface area contributed by atoms with E-state index >= 15 is 0 Å². The van der Waals surface area contributed by atoms with Gasteiger partial charge < -0.3 is 10.3 Å². The molecule has 7 heteroatoms. The van der Waals surface area contributed by atoms with Crippen LogP contribution in [0.1, 0.15) is 5.82 Å². The minimum atomic E-state index is -4.24. The van der Waals surface area contributed by atoms with Gasteiger partial charge in [-0.15, -0.1) is 10.2 Å². The van der Waals surface area contributed by atoms with E-state index in [0.717, 1.165) is 0 Å². The van der Waals surface area contributed by atoms with Crippen LogP contribution in [0.5, 0.6) is 0 Å². The molecule has 0 fully saturated rings. The molecule has 0 saturated carbocycles. The van der Waals surface area contributed by atoms with Gasteiger partial charge in [-0.3, -0.25) is 0 Å². The molecule has 2 N–H and O–H groups in total. The molecule has 0 saturated heterocycles. The summed E-state index contributed by atoms with van der Waals surface area (Å²) >= 11 is 0. The molecule has 1 heterocycles. The lowest BCUT2D eigenvalue weighted by atomic mass is 10.6. The van der Waals surface area contributed by atoms with Crippen molar-refractivity contribution in [2.24, 2.45) is 0 Å². The molecule has 12 heavy (non-hydrogen) atoms. The Kier molecular flexibility index (Phi) is 2.20. The van der Waals surface area contributed by atoms with Crippen LogP contribution < -0.4 is 5.32 Å². The van der Waals surface area contributed by atoms with E-state index < -0.39 is 12.7 Å². The third kappa shape index (κ3) is 2.77. The van der Waals surface area contributed by atoms with Crippen LogP contribution in [0, 0.1) is 6.92 Å². The predicted molar refractivity (Wildman–Crippen MR) is 35.7 cm³/mol. The van der Waals surface area contributed by atoms with Crippen LogP contribution in [0.25, 0.3) is 0 Å². The molecule has 0 spiro atoms. The van der Waals surface area contributed by atoms with Crippen LogP contribution in [0.4, 0.5) is 19.1 Å². The molecule has 0 amide bonds. The number of nitrogens with zero attached hydrogens (tertiary/aromatic N) is 2. The first-order chi connectivity index (χ1) is 5.47. The quantitative estimate of drug-likeness (QED) is 0.716. The second kappa shape index (κ2) is 3.00. The number of anilines is 1. The highest BCUT2D eigenvalue weighted by Gasteiger charge is 2.26. The number of H-pyrrole nitrogens is 1. The summed E-state index contributed by atoms with van der Waals surface area (Å²) in [6.45, 7) is 0.493. The highest BCUT2D eigenvalue weighted by atomic mass is 19.4. The molecule has 0 radical (unpaired) electrons. The maximum Gasteiger partial charge on any atom is 0.405 e. The lowest BCUT2D eigenvalue weighted by Crippen LogP contribution is -2.21. The first-order valence-corrected chi connectivity index (χ1v) is 3.17. The van der Waals surface area contributed by atoms with Gasteiger partial charge in [0.25, 0.3) is 0 Å². The number of halogens is 3. The van der Waals surface area contributed by atoms with E-state index in [2.05, 4.69) is 20.5 Å². The van der Waals surface area contributed by atoms with Crippen molar-refractivity contribution in [1.29, 1.82) is 0 Å². The Morgan fingerprint density at radius 1 is 1.42 bits per heavy atom. The molecule has 68 valence electrons.